The van der Waals surface area contributed by atoms with E-state index in [4.69, 9.17) is 24.8 Å². The molecule has 2 fully saturated rings. The number of nitrogens with zero attached hydrogens (tertiary/aromatic N) is 2. The Hall–Kier alpha value is -1.96. The van der Waals surface area contributed by atoms with Crippen molar-refractivity contribution >= 4 is 28.0 Å². The van der Waals surface area contributed by atoms with Gasteiger partial charge in [-0.3, -0.25) is 14.5 Å². The van der Waals surface area contributed by atoms with Gasteiger partial charge in [-0.2, -0.15) is 8.42 Å². The third-order valence-electron chi connectivity index (χ3n) is 4.68. The third kappa shape index (κ3) is 6.03. The van der Waals surface area contributed by atoms with Crippen LogP contribution in [0.2, 0.25) is 0 Å². The van der Waals surface area contributed by atoms with Gasteiger partial charge in [0, 0.05) is 26.2 Å². The number of nitrogens with one attached hydrogen (secondary N) is 2. The summed E-state index contributed by atoms with van der Waals surface area (Å²) in [5.41, 5.74) is 3.41. The summed E-state index contributed by atoms with van der Waals surface area (Å²) in [4.78, 5) is 28.6. The summed E-state index contributed by atoms with van der Waals surface area (Å²) in [7, 11) is -3.70. The first-order valence-electron chi connectivity index (χ1n) is 9.58. The van der Waals surface area contributed by atoms with Crippen molar-refractivity contribution in [1.29, 1.82) is 5.41 Å². The number of hydrogen-bond donors (Lipinski definition) is 3. The molecule has 2 aliphatic heterocycles. The highest BCUT2D eigenvalue weighted by Crippen LogP contribution is 2.26. The highest BCUT2D eigenvalue weighted by Gasteiger charge is 2.53. The van der Waals surface area contributed by atoms with Crippen LogP contribution in [0, 0.1) is 5.41 Å². The van der Waals surface area contributed by atoms with Gasteiger partial charge in [-0.1, -0.05) is 0 Å². The maximum atomic E-state index is 13.3. The van der Waals surface area contributed by atoms with Gasteiger partial charge in [-0.05, 0) is 20.8 Å². The molecule has 0 radical (unpaired) electrons. The zero-order valence-corrected chi connectivity index (χ0v) is 18.6. The Bertz CT molecular complexity index is 776. The van der Waals surface area contributed by atoms with E-state index in [0.717, 1.165) is 6.26 Å². The number of amidine groups is 1. The number of esters is 1. The van der Waals surface area contributed by atoms with Crippen LogP contribution in [0.3, 0.4) is 0 Å². The Labute approximate surface area is 176 Å². The molecule has 0 aromatic heterocycles. The molecule has 0 aromatic rings. The number of amides is 1. The van der Waals surface area contributed by atoms with Gasteiger partial charge in [0.15, 0.2) is 5.54 Å². The van der Waals surface area contributed by atoms with Crippen molar-refractivity contribution in [3.05, 3.63) is 0 Å². The molecule has 0 aromatic carbocycles. The van der Waals surface area contributed by atoms with Gasteiger partial charge in [0.25, 0.3) is 10.1 Å². The maximum absolute atomic E-state index is 13.3. The third-order valence-corrected chi connectivity index (χ3v) is 5.24. The molecule has 2 saturated heterocycles. The summed E-state index contributed by atoms with van der Waals surface area (Å²) < 4.78 is 37.9. The molecule has 0 bridgehead atoms. The normalized spacial score (nSPS) is 23.0. The highest BCUT2D eigenvalue weighted by molar-refractivity contribution is 7.85. The first kappa shape index (κ1) is 24.3. The molecule has 172 valence electrons. The predicted molar refractivity (Wildman–Crippen MR) is 108 cm³/mol. The predicted octanol–water partition coefficient (Wildman–Crippen LogP) is -1.29. The second-order valence-corrected chi connectivity index (χ2v) is 10.0. The van der Waals surface area contributed by atoms with Gasteiger partial charge in [0.2, 0.25) is 0 Å². The fourth-order valence-corrected chi connectivity index (χ4v) is 3.73. The van der Waals surface area contributed by atoms with E-state index in [-0.39, 0.29) is 19.7 Å². The van der Waals surface area contributed by atoms with E-state index in [2.05, 4.69) is 5.32 Å². The molecule has 0 saturated carbocycles. The molecule has 2 aliphatic rings. The topological polar surface area (TPSA) is 164 Å². The summed E-state index contributed by atoms with van der Waals surface area (Å²) in [5.74, 6) is -1.17. The van der Waals surface area contributed by atoms with E-state index < -0.39 is 45.3 Å². The van der Waals surface area contributed by atoms with Crippen molar-refractivity contribution < 1.29 is 31.7 Å². The fraction of sp³-hybridized carbons (Fsp3) is 0.824. The number of piperazine rings is 1. The molecule has 0 aliphatic carbocycles. The molecule has 1 amide bonds. The first-order chi connectivity index (χ1) is 13.7. The van der Waals surface area contributed by atoms with Gasteiger partial charge >= 0.3 is 12.1 Å². The molecule has 0 spiro atoms. The summed E-state index contributed by atoms with van der Waals surface area (Å²) in [6, 6.07) is 0. The van der Waals surface area contributed by atoms with Crippen molar-refractivity contribution in [2.24, 2.45) is 5.73 Å². The highest BCUT2D eigenvalue weighted by atomic mass is 32.2. The first-order valence-corrected chi connectivity index (χ1v) is 11.4. The summed E-state index contributed by atoms with van der Waals surface area (Å²) in [5, 5.41) is 11.4. The number of rotatable bonds is 8. The summed E-state index contributed by atoms with van der Waals surface area (Å²) >= 11 is 0. The second kappa shape index (κ2) is 9.04. The van der Waals surface area contributed by atoms with Crippen LogP contribution in [0.5, 0.6) is 0 Å². The van der Waals surface area contributed by atoms with E-state index in [9.17, 15) is 18.0 Å². The van der Waals surface area contributed by atoms with Crippen molar-refractivity contribution in [2.75, 3.05) is 52.1 Å². The number of carbonyl (C=O) groups excluding carboxylic acids is 2. The lowest BCUT2D eigenvalue weighted by atomic mass is 9.93. The zero-order chi connectivity index (χ0) is 22.7. The van der Waals surface area contributed by atoms with Crippen LogP contribution in [-0.4, -0.2) is 105 Å². The van der Waals surface area contributed by atoms with E-state index in [1.54, 1.807) is 25.7 Å². The van der Waals surface area contributed by atoms with Gasteiger partial charge in [0.05, 0.1) is 19.3 Å². The number of hydrogen-bond acceptors (Lipinski definition) is 10. The minimum atomic E-state index is -3.70. The van der Waals surface area contributed by atoms with Gasteiger partial charge < -0.3 is 25.4 Å². The molecule has 12 nitrogen and oxygen atoms in total. The average molecular weight is 450 g/mol. The molecule has 2 heterocycles. The number of carbonyl (C=O) groups is 2. The fourth-order valence-electron chi connectivity index (χ4n) is 3.33. The molecular formula is C17H31N5O7S. The van der Waals surface area contributed by atoms with E-state index in [1.165, 1.54) is 4.90 Å². The molecule has 30 heavy (non-hydrogen) atoms. The van der Waals surface area contributed by atoms with Crippen LogP contribution in [0.1, 0.15) is 20.8 Å². The lowest BCUT2D eigenvalue weighted by Gasteiger charge is -2.45. The Balaban J connectivity index is 2.29. The van der Waals surface area contributed by atoms with Gasteiger partial charge in [-0.25, -0.2) is 9.59 Å². The van der Waals surface area contributed by atoms with Crippen molar-refractivity contribution in [3.63, 3.8) is 0 Å². The van der Waals surface area contributed by atoms with E-state index in [0.29, 0.717) is 26.2 Å². The van der Waals surface area contributed by atoms with Crippen molar-refractivity contribution in [2.45, 2.75) is 38.0 Å². The Morgan fingerprint density at radius 3 is 2.43 bits per heavy atom. The Morgan fingerprint density at radius 2 is 1.93 bits per heavy atom. The lowest BCUT2D eigenvalue weighted by molar-refractivity contribution is -0.166. The SMILES string of the molecule is CC(C)(C)OC(=O)C(CN1CC(COS(C)(=O)=O)OC1=O)(C(=N)N)N1CCNCC1. The van der Waals surface area contributed by atoms with Gasteiger partial charge in [-0.15, -0.1) is 0 Å². The van der Waals surface area contributed by atoms with Gasteiger partial charge in [0.1, 0.15) is 24.1 Å². The number of ether oxygens (including phenoxy) is 2. The molecule has 2 rings (SSSR count). The monoisotopic (exact) mass is 449 g/mol. The molecule has 13 heteroatoms. The Morgan fingerprint density at radius 1 is 1.33 bits per heavy atom. The van der Waals surface area contributed by atoms with Crippen LogP contribution >= 0.6 is 0 Å². The van der Waals surface area contributed by atoms with Crippen molar-refractivity contribution in [3.8, 4) is 0 Å². The largest absolute Gasteiger partial charge is 0.458 e. The quantitative estimate of drug-likeness (QED) is 0.176. The zero-order valence-electron chi connectivity index (χ0n) is 17.8. The summed E-state index contributed by atoms with van der Waals surface area (Å²) in [6.07, 6.45) is -0.685. The number of cyclic esters (lactones) is 1. The minimum absolute atomic E-state index is 0.0156. The smallest absolute Gasteiger partial charge is 0.410 e. The van der Waals surface area contributed by atoms with Crippen molar-refractivity contribution in [1.82, 2.24) is 15.1 Å². The van der Waals surface area contributed by atoms with Crippen LogP contribution < -0.4 is 11.1 Å². The van der Waals surface area contributed by atoms with Crippen LogP contribution in [-0.2, 0) is 28.6 Å². The molecule has 2 unspecified atom stereocenters. The maximum Gasteiger partial charge on any atom is 0.410 e. The Kier molecular flexibility index (Phi) is 7.32. The average Bonchev–Trinajstić information content (AvgIpc) is 2.95. The van der Waals surface area contributed by atoms with Crippen LogP contribution in [0.25, 0.3) is 0 Å². The lowest BCUT2D eigenvalue weighted by Crippen LogP contribution is -2.71. The number of nitrogens with two attached hydrogens (primary N) is 1. The second-order valence-electron chi connectivity index (χ2n) is 8.39. The molecule has 2 atom stereocenters. The van der Waals surface area contributed by atoms with Crippen LogP contribution in [0.4, 0.5) is 4.79 Å². The standard InChI is InChI=1S/C17H31N5O7S/c1-16(2,3)29-14(23)17(13(18)19,22-7-5-20-6-8-22)11-21-9-12(28-15(21)24)10-27-30(4,25)26/h12,20H,5-11H2,1-4H3,(H3,18,19). The molecule has 4 N–H and O–H groups in total. The minimum Gasteiger partial charge on any atom is -0.458 e. The molecular weight excluding hydrogens is 418 g/mol. The van der Waals surface area contributed by atoms with Crippen LogP contribution in [0.15, 0.2) is 0 Å². The van der Waals surface area contributed by atoms with E-state index in [1.807, 2.05) is 0 Å². The summed E-state index contributed by atoms with van der Waals surface area (Å²) in [6.45, 7) is 6.49. The van der Waals surface area contributed by atoms with E-state index >= 15 is 0 Å².